The van der Waals surface area contributed by atoms with Gasteiger partial charge in [0.05, 0.1) is 11.3 Å². The van der Waals surface area contributed by atoms with E-state index in [0.29, 0.717) is 5.56 Å². The lowest BCUT2D eigenvalue weighted by molar-refractivity contribution is -0.385. The molecule has 0 unspecified atom stereocenters. The third-order valence-corrected chi connectivity index (χ3v) is 3.50. The minimum atomic E-state index is -0.724. The highest BCUT2D eigenvalue weighted by Crippen LogP contribution is 2.28. The van der Waals surface area contributed by atoms with Crippen molar-refractivity contribution in [1.82, 2.24) is 0 Å². The number of nitro benzene ring substituents is 1. The van der Waals surface area contributed by atoms with Crippen molar-refractivity contribution in [3.63, 3.8) is 0 Å². The summed E-state index contributed by atoms with van der Waals surface area (Å²) in [6.45, 7) is 0. The number of benzene rings is 3. The van der Waals surface area contributed by atoms with E-state index < -0.39 is 28.1 Å². The maximum absolute atomic E-state index is 13.2. The van der Waals surface area contributed by atoms with Gasteiger partial charge in [0, 0.05) is 12.1 Å². The monoisotopic (exact) mass is 325 g/mol. The standard InChI is InChI=1S/C18H12FNO4/c19-15-7-8-16(20(22)23)17(11-15)24-18(21)10-12-5-6-13-3-1-2-4-14(13)9-12/h1-9,11H,10H2. The third-order valence-electron chi connectivity index (χ3n) is 3.50. The summed E-state index contributed by atoms with van der Waals surface area (Å²) in [7, 11) is 0. The molecule has 0 fully saturated rings. The fourth-order valence-corrected chi connectivity index (χ4v) is 2.39. The molecule has 0 atom stereocenters. The van der Waals surface area contributed by atoms with Crippen LogP contribution in [0.5, 0.6) is 5.75 Å². The van der Waals surface area contributed by atoms with Crippen LogP contribution in [0.2, 0.25) is 0 Å². The Balaban J connectivity index is 1.80. The van der Waals surface area contributed by atoms with E-state index in [4.69, 9.17) is 4.74 Å². The number of nitrogens with zero attached hydrogens (tertiary/aromatic N) is 1. The van der Waals surface area contributed by atoms with Crippen LogP contribution in [0.3, 0.4) is 0 Å². The van der Waals surface area contributed by atoms with E-state index in [-0.39, 0.29) is 6.42 Å². The fraction of sp³-hybridized carbons (Fsp3) is 0.0556. The molecule has 0 aromatic heterocycles. The van der Waals surface area contributed by atoms with Crippen LogP contribution in [0, 0.1) is 15.9 Å². The quantitative estimate of drug-likeness (QED) is 0.314. The van der Waals surface area contributed by atoms with Crippen molar-refractivity contribution in [3.05, 3.63) is 82.2 Å². The second-order valence-corrected chi connectivity index (χ2v) is 5.20. The Morgan fingerprint density at radius 3 is 2.54 bits per heavy atom. The average Bonchev–Trinajstić information content (AvgIpc) is 2.54. The Kier molecular flexibility index (Phi) is 4.20. The SMILES string of the molecule is O=C(Cc1ccc2ccccc2c1)Oc1cc(F)ccc1[N+](=O)[O-]. The first kappa shape index (κ1) is 15.6. The highest BCUT2D eigenvalue weighted by Gasteiger charge is 2.19. The van der Waals surface area contributed by atoms with Gasteiger partial charge in [-0.05, 0) is 22.4 Å². The van der Waals surface area contributed by atoms with Gasteiger partial charge in [-0.2, -0.15) is 0 Å². The number of ether oxygens (including phenoxy) is 1. The van der Waals surface area contributed by atoms with Crippen molar-refractivity contribution in [1.29, 1.82) is 0 Å². The largest absolute Gasteiger partial charge is 0.419 e. The van der Waals surface area contributed by atoms with Crippen molar-refractivity contribution in [2.75, 3.05) is 0 Å². The molecule has 120 valence electrons. The van der Waals surface area contributed by atoms with Gasteiger partial charge in [-0.1, -0.05) is 42.5 Å². The topological polar surface area (TPSA) is 69.4 Å². The van der Waals surface area contributed by atoms with E-state index in [1.54, 1.807) is 6.07 Å². The molecule has 0 aliphatic carbocycles. The van der Waals surface area contributed by atoms with Crippen molar-refractivity contribution < 1.29 is 18.8 Å². The Morgan fingerprint density at radius 2 is 1.79 bits per heavy atom. The van der Waals surface area contributed by atoms with Crippen LogP contribution in [0.15, 0.2) is 60.7 Å². The Morgan fingerprint density at radius 1 is 1.04 bits per heavy atom. The molecule has 3 aromatic carbocycles. The van der Waals surface area contributed by atoms with Crippen LogP contribution in [-0.2, 0) is 11.2 Å². The van der Waals surface area contributed by atoms with Crippen LogP contribution >= 0.6 is 0 Å². The molecule has 24 heavy (non-hydrogen) atoms. The molecule has 0 saturated heterocycles. The van der Waals surface area contributed by atoms with Gasteiger partial charge < -0.3 is 4.74 Å². The molecular weight excluding hydrogens is 313 g/mol. The van der Waals surface area contributed by atoms with Crippen LogP contribution in [0.4, 0.5) is 10.1 Å². The van der Waals surface area contributed by atoms with Gasteiger partial charge in [0.25, 0.3) is 0 Å². The summed E-state index contributed by atoms with van der Waals surface area (Å²) in [5, 5.41) is 12.9. The zero-order chi connectivity index (χ0) is 17.1. The lowest BCUT2D eigenvalue weighted by atomic mass is 10.1. The molecule has 0 N–H and O–H groups in total. The van der Waals surface area contributed by atoms with Crippen molar-refractivity contribution in [2.45, 2.75) is 6.42 Å². The van der Waals surface area contributed by atoms with Crippen molar-refractivity contribution >= 4 is 22.4 Å². The average molecular weight is 325 g/mol. The van der Waals surface area contributed by atoms with Gasteiger partial charge in [-0.3, -0.25) is 14.9 Å². The maximum Gasteiger partial charge on any atom is 0.315 e. The maximum atomic E-state index is 13.2. The lowest BCUT2D eigenvalue weighted by Crippen LogP contribution is -2.12. The van der Waals surface area contributed by atoms with Gasteiger partial charge in [0.2, 0.25) is 5.75 Å². The predicted octanol–water partition coefficient (Wildman–Crippen LogP) is 4.04. The Bertz CT molecular complexity index is 939. The lowest BCUT2D eigenvalue weighted by Gasteiger charge is -2.06. The molecule has 0 radical (unpaired) electrons. The molecule has 0 heterocycles. The smallest absolute Gasteiger partial charge is 0.315 e. The molecule has 3 aromatic rings. The number of hydrogen-bond donors (Lipinski definition) is 0. The molecule has 6 heteroatoms. The number of esters is 1. The molecule has 3 rings (SSSR count). The summed E-state index contributed by atoms with van der Waals surface area (Å²) >= 11 is 0. The van der Waals surface area contributed by atoms with Crippen LogP contribution < -0.4 is 4.74 Å². The van der Waals surface area contributed by atoms with Gasteiger partial charge in [0.1, 0.15) is 5.82 Å². The van der Waals surface area contributed by atoms with E-state index in [9.17, 15) is 19.3 Å². The van der Waals surface area contributed by atoms with Gasteiger partial charge in [-0.15, -0.1) is 0 Å². The Hall–Kier alpha value is -3.28. The van der Waals surface area contributed by atoms with E-state index in [1.165, 1.54) is 0 Å². The number of fused-ring (bicyclic) bond motifs is 1. The minimum absolute atomic E-state index is 0.0709. The number of carbonyl (C=O) groups is 1. The third kappa shape index (κ3) is 3.38. The number of nitro groups is 1. The first-order chi connectivity index (χ1) is 11.5. The molecule has 0 aliphatic heterocycles. The summed E-state index contributed by atoms with van der Waals surface area (Å²) in [4.78, 5) is 22.2. The first-order valence-electron chi connectivity index (χ1n) is 7.15. The second kappa shape index (κ2) is 6.45. The van der Waals surface area contributed by atoms with Crippen LogP contribution in [-0.4, -0.2) is 10.9 Å². The van der Waals surface area contributed by atoms with E-state index in [1.807, 2.05) is 36.4 Å². The molecule has 0 amide bonds. The van der Waals surface area contributed by atoms with E-state index >= 15 is 0 Å². The minimum Gasteiger partial charge on any atom is -0.419 e. The fourth-order valence-electron chi connectivity index (χ4n) is 2.39. The molecule has 0 bridgehead atoms. The predicted molar refractivity (Wildman–Crippen MR) is 86.3 cm³/mol. The van der Waals surface area contributed by atoms with E-state index in [0.717, 1.165) is 29.0 Å². The van der Waals surface area contributed by atoms with Crippen molar-refractivity contribution in [2.24, 2.45) is 0 Å². The summed E-state index contributed by atoms with van der Waals surface area (Å²) in [6.07, 6.45) is -0.0709. The Labute approximate surface area is 136 Å². The van der Waals surface area contributed by atoms with E-state index in [2.05, 4.69) is 0 Å². The molecular formula is C18H12FNO4. The highest BCUT2D eigenvalue weighted by atomic mass is 19.1. The zero-order valence-corrected chi connectivity index (χ0v) is 12.4. The van der Waals surface area contributed by atoms with Gasteiger partial charge >= 0.3 is 11.7 Å². The summed E-state index contributed by atoms with van der Waals surface area (Å²) in [6, 6.07) is 15.9. The highest BCUT2D eigenvalue weighted by molar-refractivity contribution is 5.84. The van der Waals surface area contributed by atoms with Crippen molar-refractivity contribution in [3.8, 4) is 5.75 Å². The van der Waals surface area contributed by atoms with Crippen LogP contribution in [0.25, 0.3) is 10.8 Å². The number of rotatable bonds is 4. The number of hydrogen-bond acceptors (Lipinski definition) is 4. The molecule has 0 saturated carbocycles. The summed E-state index contributed by atoms with van der Waals surface area (Å²) in [5.41, 5.74) is 0.251. The van der Waals surface area contributed by atoms with Gasteiger partial charge in [-0.25, -0.2) is 4.39 Å². The zero-order valence-electron chi connectivity index (χ0n) is 12.4. The van der Waals surface area contributed by atoms with Gasteiger partial charge in [0.15, 0.2) is 0 Å². The molecule has 0 spiro atoms. The first-order valence-corrected chi connectivity index (χ1v) is 7.15. The normalized spacial score (nSPS) is 10.5. The number of halogens is 1. The van der Waals surface area contributed by atoms with Crippen LogP contribution in [0.1, 0.15) is 5.56 Å². The number of carbonyl (C=O) groups excluding carboxylic acids is 1. The second-order valence-electron chi connectivity index (χ2n) is 5.20. The molecule has 0 aliphatic rings. The summed E-state index contributed by atoms with van der Waals surface area (Å²) in [5.74, 6) is -1.81. The molecule has 5 nitrogen and oxygen atoms in total. The summed E-state index contributed by atoms with van der Waals surface area (Å²) < 4.78 is 18.2.